The first kappa shape index (κ1) is 26.5. The Labute approximate surface area is 231 Å². The lowest BCUT2D eigenvalue weighted by Crippen LogP contribution is -2.26. The minimum atomic E-state index is 0.0991. The van der Waals surface area contributed by atoms with Crippen molar-refractivity contribution in [2.24, 2.45) is 5.16 Å². The number of oxime groups is 1. The Morgan fingerprint density at radius 3 is 2.68 bits per heavy atom. The molecular weight excluding hydrogens is 527 g/mol. The molecule has 1 saturated heterocycles. The number of amides is 1. The van der Waals surface area contributed by atoms with E-state index in [2.05, 4.69) is 26.6 Å². The van der Waals surface area contributed by atoms with Crippen molar-refractivity contribution in [2.75, 3.05) is 25.1 Å². The van der Waals surface area contributed by atoms with Crippen molar-refractivity contribution in [3.8, 4) is 11.3 Å². The third-order valence-corrected chi connectivity index (χ3v) is 7.60. The van der Waals surface area contributed by atoms with Crippen molar-refractivity contribution < 1.29 is 18.9 Å². The van der Waals surface area contributed by atoms with Crippen molar-refractivity contribution in [1.82, 2.24) is 10.5 Å². The quantitative estimate of drug-likeness (QED) is 0.147. The van der Waals surface area contributed by atoms with Gasteiger partial charge in [-0.3, -0.25) is 4.79 Å². The van der Waals surface area contributed by atoms with E-state index < -0.39 is 0 Å². The number of ether oxygens (including phenoxy) is 1. The van der Waals surface area contributed by atoms with Crippen LogP contribution >= 0.6 is 23.2 Å². The molecule has 10 heteroatoms. The molecule has 38 heavy (non-hydrogen) atoms. The van der Waals surface area contributed by atoms with Gasteiger partial charge in [0.1, 0.15) is 18.6 Å². The normalized spacial score (nSPS) is 18.2. The Morgan fingerprint density at radius 2 is 1.95 bits per heavy atom. The molecule has 2 aliphatic rings. The highest BCUT2D eigenvalue weighted by atomic mass is 35.5. The summed E-state index contributed by atoms with van der Waals surface area (Å²) < 4.78 is 12.3. The highest BCUT2D eigenvalue weighted by Crippen LogP contribution is 2.46. The third-order valence-electron chi connectivity index (χ3n) is 6.97. The van der Waals surface area contributed by atoms with Crippen LogP contribution in [0.2, 0.25) is 10.0 Å². The zero-order chi connectivity index (χ0) is 26.5. The summed E-state index contributed by atoms with van der Waals surface area (Å²) >= 11 is 13.0. The Hall–Kier alpha value is -3.07. The predicted octanol–water partition coefficient (Wildman–Crippen LogP) is 6.16. The number of benzene rings is 2. The molecule has 1 aliphatic heterocycles. The number of anilines is 1. The number of nitrogens with one attached hydrogen (secondary N) is 1. The lowest BCUT2D eigenvalue weighted by molar-refractivity contribution is -0.108. The molecule has 1 unspecified atom stereocenters. The first-order chi connectivity index (χ1) is 18.6. The molecule has 2 aromatic carbocycles. The summed E-state index contributed by atoms with van der Waals surface area (Å²) in [6, 6.07) is 13.4. The number of hydrogen-bond donors (Lipinski definition) is 1. The Bertz CT molecular complexity index is 1290. The molecule has 3 aromatic rings. The number of aromatic nitrogens is 1. The van der Waals surface area contributed by atoms with Crippen LogP contribution in [0.5, 0.6) is 0 Å². The highest BCUT2D eigenvalue weighted by Gasteiger charge is 2.34. The number of rotatable bonds is 9. The molecule has 1 aliphatic carbocycles. The minimum absolute atomic E-state index is 0.0991. The summed E-state index contributed by atoms with van der Waals surface area (Å²) in [5, 5.41) is 12.0. The fourth-order valence-corrected chi connectivity index (χ4v) is 5.48. The van der Waals surface area contributed by atoms with Gasteiger partial charge in [-0.05, 0) is 56.4 Å². The molecule has 0 bridgehead atoms. The number of carbonyl (C=O) groups is 1. The van der Waals surface area contributed by atoms with Crippen LogP contribution in [0.1, 0.15) is 54.9 Å². The van der Waals surface area contributed by atoms with Crippen molar-refractivity contribution in [1.29, 1.82) is 0 Å². The van der Waals surface area contributed by atoms with Gasteiger partial charge in [-0.1, -0.05) is 51.7 Å². The van der Waals surface area contributed by atoms with Gasteiger partial charge in [-0.2, -0.15) is 0 Å². The summed E-state index contributed by atoms with van der Waals surface area (Å²) in [6.45, 7) is 2.15. The van der Waals surface area contributed by atoms with Gasteiger partial charge in [0, 0.05) is 41.4 Å². The smallest absolute Gasteiger partial charge is 0.212 e. The van der Waals surface area contributed by atoms with E-state index in [1.807, 2.05) is 36.4 Å². The van der Waals surface area contributed by atoms with Crippen LogP contribution in [0.3, 0.4) is 0 Å². The second-order valence-corrected chi connectivity index (χ2v) is 10.3. The Balaban J connectivity index is 1.28. The van der Waals surface area contributed by atoms with Crippen LogP contribution in [0, 0.1) is 0 Å². The molecule has 2 heterocycles. The maximum Gasteiger partial charge on any atom is 0.212 e. The number of hydrogen-bond acceptors (Lipinski definition) is 7. The van der Waals surface area contributed by atoms with Crippen molar-refractivity contribution in [3.63, 3.8) is 0 Å². The van der Waals surface area contributed by atoms with Gasteiger partial charge in [0.2, 0.25) is 6.41 Å². The van der Waals surface area contributed by atoms with Crippen molar-refractivity contribution in [2.45, 2.75) is 50.7 Å². The second kappa shape index (κ2) is 12.2. The van der Waals surface area contributed by atoms with Crippen LogP contribution < -0.4 is 10.2 Å². The molecular formula is C28H30Cl2N4O4. The van der Waals surface area contributed by atoms with Crippen LogP contribution in [-0.4, -0.2) is 43.7 Å². The number of halogens is 2. The molecule has 1 saturated carbocycles. The third kappa shape index (κ3) is 5.98. The maximum atomic E-state index is 11.0. The molecule has 1 N–H and O–H groups in total. The van der Waals surface area contributed by atoms with Gasteiger partial charge in [0.25, 0.3) is 0 Å². The standard InChI is InChI=1S/C28H30Cl2N4O4/c1-36-33-28(31-17-35)19-5-2-6-20(15-19)34-13-4-7-21(12-14-34)37-16-22-26(32-38-27(22)18-10-11-18)25-23(29)8-3-9-24(25)30/h2-3,5-6,8-9,15,17-18,21H,4,7,10-14,16H2,1H3,(H,31,33,35). The van der Waals surface area contributed by atoms with Crippen LogP contribution in [0.25, 0.3) is 11.3 Å². The minimum Gasteiger partial charge on any atom is -0.397 e. The zero-order valence-electron chi connectivity index (χ0n) is 21.2. The molecule has 1 atom stereocenters. The Morgan fingerprint density at radius 1 is 1.16 bits per heavy atom. The zero-order valence-corrected chi connectivity index (χ0v) is 22.7. The number of carbonyl (C=O) groups excluding carboxylic acids is 1. The van der Waals surface area contributed by atoms with E-state index in [4.69, 9.17) is 37.3 Å². The molecule has 5 rings (SSSR count). The fourth-order valence-electron chi connectivity index (χ4n) is 4.90. The summed E-state index contributed by atoms with van der Waals surface area (Å²) in [6.07, 6.45) is 5.69. The maximum absolute atomic E-state index is 11.0. The fraction of sp³-hybridized carbons (Fsp3) is 0.393. The van der Waals surface area contributed by atoms with E-state index in [1.165, 1.54) is 7.11 Å². The molecule has 1 aromatic heterocycles. The summed E-state index contributed by atoms with van der Waals surface area (Å²) in [4.78, 5) is 18.2. The van der Waals surface area contributed by atoms with E-state index in [0.717, 1.165) is 67.8 Å². The predicted molar refractivity (Wildman–Crippen MR) is 148 cm³/mol. The van der Waals surface area contributed by atoms with Crippen LogP contribution in [0.15, 0.2) is 52.1 Å². The summed E-state index contributed by atoms with van der Waals surface area (Å²) in [7, 11) is 1.45. The SMILES string of the molecule is CO/N=C(\NC=O)c1cccc(N2CCCC(OCc3c(-c4c(Cl)cccc4Cl)noc3C3CC3)CC2)c1. The average molecular weight is 557 g/mol. The number of nitrogens with zero attached hydrogens (tertiary/aromatic N) is 3. The summed E-state index contributed by atoms with van der Waals surface area (Å²) in [5.41, 5.74) is 4.15. The van der Waals surface area contributed by atoms with E-state index in [-0.39, 0.29) is 6.10 Å². The second-order valence-electron chi connectivity index (χ2n) is 9.53. The lowest BCUT2D eigenvalue weighted by Gasteiger charge is -2.23. The molecule has 8 nitrogen and oxygen atoms in total. The Kier molecular flexibility index (Phi) is 8.51. The van der Waals surface area contributed by atoms with Crippen molar-refractivity contribution >= 4 is 41.1 Å². The first-order valence-electron chi connectivity index (χ1n) is 12.8. The molecule has 0 spiro atoms. The molecule has 200 valence electrons. The first-order valence-corrected chi connectivity index (χ1v) is 13.6. The summed E-state index contributed by atoms with van der Waals surface area (Å²) in [5.74, 6) is 1.64. The van der Waals surface area contributed by atoms with Gasteiger partial charge >= 0.3 is 0 Å². The van der Waals surface area contributed by atoms with Gasteiger partial charge in [0.15, 0.2) is 5.84 Å². The van der Waals surface area contributed by atoms with Gasteiger partial charge in [-0.15, -0.1) is 0 Å². The highest BCUT2D eigenvalue weighted by molar-refractivity contribution is 6.39. The van der Waals surface area contributed by atoms with Gasteiger partial charge in [0.05, 0.1) is 22.8 Å². The molecule has 2 fully saturated rings. The van der Waals surface area contributed by atoms with E-state index in [9.17, 15) is 4.79 Å². The largest absolute Gasteiger partial charge is 0.397 e. The van der Waals surface area contributed by atoms with Gasteiger partial charge < -0.3 is 24.3 Å². The van der Waals surface area contributed by atoms with Crippen LogP contribution in [-0.2, 0) is 21.0 Å². The van der Waals surface area contributed by atoms with Gasteiger partial charge in [-0.25, -0.2) is 0 Å². The monoisotopic (exact) mass is 556 g/mol. The van der Waals surface area contributed by atoms with E-state index >= 15 is 0 Å². The lowest BCUT2D eigenvalue weighted by atomic mass is 10.0. The topological polar surface area (TPSA) is 89.2 Å². The average Bonchev–Trinajstić information content (AvgIpc) is 3.72. The molecule has 1 amide bonds. The van der Waals surface area contributed by atoms with E-state index in [0.29, 0.717) is 46.1 Å². The number of amidine groups is 1. The van der Waals surface area contributed by atoms with E-state index in [1.54, 1.807) is 0 Å². The van der Waals surface area contributed by atoms with Crippen molar-refractivity contribution in [3.05, 3.63) is 69.4 Å². The van der Waals surface area contributed by atoms with Crippen LogP contribution in [0.4, 0.5) is 5.69 Å². The molecule has 0 radical (unpaired) electrons.